The van der Waals surface area contributed by atoms with Gasteiger partial charge in [0.1, 0.15) is 5.03 Å². The first-order valence-corrected chi connectivity index (χ1v) is 10.5. The number of rotatable bonds is 5. The number of anilines is 1. The maximum absolute atomic E-state index is 12.4. The van der Waals surface area contributed by atoms with Crippen molar-refractivity contribution in [1.82, 2.24) is 10.2 Å². The van der Waals surface area contributed by atoms with Crippen molar-refractivity contribution in [3.05, 3.63) is 83.0 Å². The Morgan fingerprint density at radius 2 is 1.79 bits per heavy atom. The molecule has 0 unspecified atom stereocenters. The highest BCUT2D eigenvalue weighted by molar-refractivity contribution is 8.00. The highest BCUT2D eigenvalue weighted by Crippen LogP contribution is 2.34. The maximum Gasteiger partial charge on any atom is 0.234 e. The van der Waals surface area contributed by atoms with Gasteiger partial charge in [0.25, 0.3) is 0 Å². The molecule has 29 heavy (non-hydrogen) atoms. The van der Waals surface area contributed by atoms with Crippen LogP contribution in [-0.2, 0) is 4.79 Å². The number of halogens is 2. The minimum Gasteiger partial charge on any atom is -0.324 e. The van der Waals surface area contributed by atoms with Gasteiger partial charge in [0, 0.05) is 10.6 Å². The van der Waals surface area contributed by atoms with Crippen molar-refractivity contribution in [2.45, 2.75) is 5.03 Å². The number of hydrogen-bond acceptors (Lipinski definition) is 4. The van der Waals surface area contributed by atoms with Gasteiger partial charge in [-0.3, -0.25) is 4.79 Å². The largest absolute Gasteiger partial charge is 0.324 e. The van der Waals surface area contributed by atoms with Crippen molar-refractivity contribution in [2.24, 2.45) is 0 Å². The molecule has 3 aromatic carbocycles. The lowest BCUT2D eigenvalue weighted by Gasteiger charge is -2.11. The van der Waals surface area contributed by atoms with Crippen LogP contribution >= 0.6 is 35.0 Å². The third-order valence-corrected chi connectivity index (χ3v) is 5.84. The van der Waals surface area contributed by atoms with E-state index >= 15 is 0 Å². The molecule has 1 heterocycles. The number of fused-ring (bicyclic) bond motifs is 1. The summed E-state index contributed by atoms with van der Waals surface area (Å²) < 4.78 is 0. The van der Waals surface area contributed by atoms with Crippen molar-refractivity contribution in [2.75, 3.05) is 11.1 Å². The lowest BCUT2D eigenvalue weighted by molar-refractivity contribution is -0.113. The average molecular weight is 440 g/mol. The van der Waals surface area contributed by atoms with Crippen molar-refractivity contribution in [1.29, 1.82) is 0 Å². The molecular formula is C22H15Cl2N3OS. The summed E-state index contributed by atoms with van der Waals surface area (Å²) in [7, 11) is 0. The number of carbonyl (C=O) groups is 1. The first kappa shape index (κ1) is 19.7. The maximum atomic E-state index is 12.4. The summed E-state index contributed by atoms with van der Waals surface area (Å²) in [4.78, 5) is 12.4. The number of hydrogen-bond donors (Lipinski definition) is 1. The van der Waals surface area contributed by atoms with Gasteiger partial charge in [-0.05, 0) is 40.6 Å². The minimum atomic E-state index is -0.186. The van der Waals surface area contributed by atoms with Crippen LogP contribution in [-0.4, -0.2) is 21.9 Å². The monoisotopic (exact) mass is 439 g/mol. The predicted molar refractivity (Wildman–Crippen MR) is 121 cm³/mol. The van der Waals surface area contributed by atoms with Crippen LogP contribution in [0.5, 0.6) is 0 Å². The van der Waals surface area contributed by atoms with E-state index in [9.17, 15) is 4.79 Å². The fraction of sp³-hybridized carbons (Fsp3) is 0.0455. The smallest absolute Gasteiger partial charge is 0.234 e. The third-order valence-electron chi connectivity index (χ3n) is 4.31. The Balaban J connectivity index is 1.55. The second kappa shape index (κ2) is 8.82. The first-order valence-electron chi connectivity index (χ1n) is 8.79. The van der Waals surface area contributed by atoms with Crippen LogP contribution in [0.4, 0.5) is 5.69 Å². The second-order valence-corrected chi connectivity index (χ2v) is 8.05. The number of amides is 1. The van der Waals surface area contributed by atoms with Crippen LogP contribution in [0.1, 0.15) is 0 Å². The molecule has 1 aromatic heterocycles. The quantitative estimate of drug-likeness (QED) is 0.368. The highest BCUT2D eigenvalue weighted by atomic mass is 35.5. The number of aromatic nitrogens is 2. The molecule has 4 rings (SSSR count). The van der Waals surface area contributed by atoms with Gasteiger partial charge in [0.05, 0.1) is 22.7 Å². The standard InChI is InChI=1S/C22H15Cl2N3OS/c23-15-8-9-20(19(24)12-15)26-21(28)13-29-22-18(10-11-25-27-22)17-7-3-5-14-4-1-2-6-16(14)17/h1-12H,13H2,(H,26,28). The van der Waals surface area contributed by atoms with Gasteiger partial charge in [0.15, 0.2) is 0 Å². The predicted octanol–water partition coefficient (Wildman–Crippen LogP) is 6.33. The average Bonchev–Trinajstić information content (AvgIpc) is 2.74. The van der Waals surface area contributed by atoms with Gasteiger partial charge in [0.2, 0.25) is 5.91 Å². The fourth-order valence-electron chi connectivity index (χ4n) is 3.00. The Kier molecular flexibility index (Phi) is 6.00. The van der Waals surface area contributed by atoms with E-state index in [1.807, 2.05) is 24.3 Å². The molecular weight excluding hydrogens is 425 g/mol. The molecule has 7 heteroatoms. The summed E-state index contributed by atoms with van der Waals surface area (Å²) in [6, 6.07) is 21.2. The van der Waals surface area contributed by atoms with Crippen LogP contribution in [0, 0.1) is 0 Å². The zero-order valence-electron chi connectivity index (χ0n) is 15.1. The molecule has 1 amide bonds. The minimum absolute atomic E-state index is 0.176. The normalized spacial score (nSPS) is 10.8. The molecule has 144 valence electrons. The molecule has 0 spiro atoms. The van der Waals surface area contributed by atoms with Gasteiger partial charge in [-0.2, -0.15) is 5.10 Å². The summed E-state index contributed by atoms with van der Waals surface area (Å²) in [5, 5.41) is 14.9. The van der Waals surface area contributed by atoms with Crippen LogP contribution in [0.3, 0.4) is 0 Å². The molecule has 4 nitrogen and oxygen atoms in total. The number of nitrogens with zero attached hydrogens (tertiary/aromatic N) is 2. The van der Waals surface area contributed by atoms with Crippen molar-refractivity contribution in [3.63, 3.8) is 0 Å². The zero-order chi connectivity index (χ0) is 20.2. The van der Waals surface area contributed by atoms with Crippen LogP contribution < -0.4 is 5.32 Å². The fourth-order valence-corrected chi connectivity index (χ4v) is 4.24. The van der Waals surface area contributed by atoms with Gasteiger partial charge >= 0.3 is 0 Å². The van der Waals surface area contributed by atoms with E-state index in [-0.39, 0.29) is 11.7 Å². The Bertz CT molecular complexity index is 1190. The SMILES string of the molecule is O=C(CSc1nnccc1-c1cccc2ccccc12)Nc1ccc(Cl)cc1Cl. The molecule has 1 N–H and O–H groups in total. The van der Waals surface area contributed by atoms with E-state index in [1.54, 1.807) is 24.4 Å². The van der Waals surface area contributed by atoms with E-state index in [1.165, 1.54) is 11.8 Å². The van der Waals surface area contributed by atoms with Gasteiger partial charge in [-0.25, -0.2) is 0 Å². The molecule has 0 saturated carbocycles. The number of nitrogens with one attached hydrogen (secondary N) is 1. The molecule has 0 aliphatic rings. The Morgan fingerprint density at radius 1 is 0.966 bits per heavy atom. The molecule has 0 fully saturated rings. The van der Waals surface area contributed by atoms with E-state index in [2.05, 4.69) is 39.8 Å². The van der Waals surface area contributed by atoms with Crippen molar-refractivity contribution >= 4 is 57.3 Å². The van der Waals surface area contributed by atoms with Crippen molar-refractivity contribution < 1.29 is 4.79 Å². The van der Waals surface area contributed by atoms with E-state index in [4.69, 9.17) is 23.2 Å². The lowest BCUT2D eigenvalue weighted by Crippen LogP contribution is -2.14. The molecule has 0 saturated heterocycles. The number of benzene rings is 3. The molecule has 0 atom stereocenters. The molecule has 0 aliphatic carbocycles. The molecule has 4 aromatic rings. The van der Waals surface area contributed by atoms with E-state index in [0.717, 1.165) is 21.9 Å². The zero-order valence-corrected chi connectivity index (χ0v) is 17.4. The van der Waals surface area contributed by atoms with Gasteiger partial charge in [-0.15, -0.1) is 5.10 Å². The summed E-state index contributed by atoms with van der Waals surface area (Å²) in [6.45, 7) is 0. The highest BCUT2D eigenvalue weighted by Gasteiger charge is 2.13. The second-order valence-electron chi connectivity index (χ2n) is 6.24. The molecule has 0 aliphatic heterocycles. The Labute approximate surface area is 182 Å². The van der Waals surface area contributed by atoms with E-state index < -0.39 is 0 Å². The third kappa shape index (κ3) is 4.53. The van der Waals surface area contributed by atoms with Gasteiger partial charge in [-0.1, -0.05) is 77.4 Å². The topological polar surface area (TPSA) is 54.9 Å². The summed E-state index contributed by atoms with van der Waals surface area (Å²) in [5.41, 5.74) is 2.52. The van der Waals surface area contributed by atoms with Gasteiger partial charge < -0.3 is 5.32 Å². The van der Waals surface area contributed by atoms with Crippen LogP contribution in [0.25, 0.3) is 21.9 Å². The molecule has 0 bridgehead atoms. The lowest BCUT2D eigenvalue weighted by atomic mass is 10.00. The van der Waals surface area contributed by atoms with Crippen molar-refractivity contribution in [3.8, 4) is 11.1 Å². The van der Waals surface area contributed by atoms with Crippen LogP contribution in [0.2, 0.25) is 10.0 Å². The summed E-state index contributed by atoms with van der Waals surface area (Å²) >= 11 is 13.4. The first-order chi connectivity index (χ1) is 14.1. The van der Waals surface area contributed by atoms with Crippen LogP contribution in [0.15, 0.2) is 78.0 Å². The van der Waals surface area contributed by atoms with E-state index in [0.29, 0.717) is 20.8 Å². The summed E-state index contributed by atoms with van der Waals surface area (Å²) in [6.07, 6.45) is 1.66. The Morgan fingerprint density at radius 3 is 2.66 bits per heavy atom. The number of carbonyl (C=O) groups excluding carboxylic acids is 1. The Hall–Kier alpha value is -2.60. The molecule has 0 radical (unpaired) electrons. The number of thioether (sulfide) groups is 1. The summed E-state index contributed by atoms with van der Waals surface area (Å²) in [5.74, 6) is -0.0103.